The summed E-state index contributed by atoms with van der Waals surface area (Å²) in [5.74, 6) is -0.521. The average Bonchev–Trinajstić information content (AvgIpc) is 2.53. The highest BCUT2D eigenvalue weighted by Gasteiger charge is 2.24. The first-order chi connectivity index (χ1) is 11.5. The number of benzene rings is 1. The lowest BCUT2D eigenvalue weighted by atomic mass is 10.0. The fraction of sp³-hybridized carbons (Fsp3) is 0.412. The SMILES string of the molecule is CN(C)c1ncnc2c1CN(C[C@@H](O)c1ccc(F)cc1F)CC2. The van der Waals surface area contributed by atoms with Gasteiger partial charge in [0.15, 0.2) is 0 Å². The minimum Gasteiger partial charge on any atom is -0.387 e. The molecule has 0 saturated carbocycles. The molecule has 1 aromatic carbocycles. The second-order valence-corrected chi connectivity index (χ2v) is 6.18. The Hall–Kier alpha value is -2.12. The number of fused-ring (bicyclic) bond motifs is 1. The van der Waals surface area contributed by atoms with Crippen molar-refractivity contribution in [3.05, 3.63) is 53.0 Å². The molecule has 1 aromatic heterocycles. The maximum atomic E-state index is 13.8. The largest absolute Gasteiger partial charge is 0.387 e. The van der Waals surface area contributed by atoms with Crippen LogP contribution in [0, 0.1) is 11.6 Å². The van der Waals surface area contributed by atoms with Crippen LogP contribution in [0.15, 0.2) is 24.5 Å². The van der Waals surface area contributed by atoms with E-state index in [9.17, 15) is 13.9 Å². The zero-order chi connectivity index (χ0) is 17.3. The van der Waals surface area contributed by atoms with Gasteiger partial charge in [-0.1, -0.05) is 6.07 Å². The van der Waals surface area contributed by atoms with E-state index in [1.165, 1.54) is 6.07 Å². The fourth-order valence-electron chi connectivity index (χ4n) is 3.04. The van der Waals surface area contributed by atoms with Crippen molar-refractivity contribution >= 4 is 5.82 Å². The average molecular weight is 334 g/mol. The van der Waals surface area contributed by atoms with Crippen molar-refractivity contribution < 1.29 is 13.9 Å². The van der Waals surface area contributed by atoms with Crippen LogP contribution in [0.25, 0.3) is 0 Å². The third kappa shape index (κ3) is 3.37. The topological polar surface area (TPSA) is 52.5 Å². The molecule has 1 aliphatic heterocycles. The highest BCUT2D eigenvalue weighted by molar-refractivity contribution is 5.48. The van der Waals surface area contributed by atoms with Crippen molar-refractivity contribution in [3.8, 4) is 0 Å². The zero-order valence-corrected chi connectivity index (χ0v) is 13.7. The molecule has 0 radical (unpaired) electrons. The highest BCUT2D eigenvalue weighted by atomic mass is 19.1. The standard InChI is InChI=1S/C17H20F2N4O/c1-22(2)17-13-8-23(6-5-15(13)20-10-21-17)9-16(24)12-4-3-11(18)7-14(12)19/h3-4,7,10,16,24H,5-6,8-9H2,1-2H3/t16-/m1/s1. The molecule has 1 N–H and O–H groups in total. The molecule has 5 nitrogen and oxygen atoms in total. The van der Waals surface area contributed by atoms with Crippen LogP contribution in [-0.4, -0.2) is 47.2 Å². The fourth-order valence-corrected chi connectivity index (χ4v) is 3.04. The van der Waals surface area contributed by atoms with Crippen LogP contribution in [0.4, 0.5) is 14.6 Å². The number of anilines is 1. The molecule has 0 spiro atoms. The second kappa shape index (κ2) is 6.78. The molecule has 7 heteroatoms. The van der Waals surface area contributed by atoms with Crippen molar-refractivity contribution in [2.45, 2.75) is 19.1 Å². The van der Waals surface area contributed by atoms with Crippen LogP contribution in [-0.2, 0) is 13.0 Å². The minimum atomic E-state index is -1.01. The van der Waals surface area contributed by atoms with Crippen LogP contribution >= 0.6 is 0 Å². The van der Waals surface area contributed by atoms with E-state index in [2.05, 4.69) is 9.97 Å². The molecule has 2 aromatic rings. The van der Waals surface area contributed by atoms with Gasteiger partial charge >= 0.3 is 0 Å². The van der Waals surface area contributed by atoms with E-state index in [-0.39, 0.29) is 12.1 Å². The summed E-state index contributed by atoms with van der Waals surface area (Å²) >= 11 is 0. The predicted molar refractivity (Wildman–Crippen MR) is 86.7 cm³/mol. The van der Waals surface area contributed by atoms with Gasteiger partial charge in [-0.25, -0.2) is 18.7 Å². The van der Waals surface area contributed by atoms with E-state index in [4.69, 9.17) is 0 Å². The van der Waals surface area contributed by atoms with Crippen LogP contribution in [0.3, 0.4) is 0 Å². The third-order valence-electron chi connectivity index (χ3n) is 4.23. The summed E-state index contributed by atoms with van der Waals surface area (Å²) in [5, 5.41) is 10.3. The number of rotatable bonds is 4. The van der Waals surface area contributed by atoms with Gasteiger partial charge in [0.2, 0.25) is 0 Å². The number of β-amino-alcohol motifs (C(OH)–C–C–N with tert-alkyl or cyclic N) is 1. The van der Waals surface area contributed by atoms with Crippen molar-refractivity contribution in [2.75, 3.05) is 32.1 Å². The van der Waals surface area contributed by atoms with E-state index in [1.54, 1.807) is 6.33 Å². The maximum Gasteiger partial charge on any atom is 0.136 e. The molecule has 0 unspecified atom stereocenters. The Kier molecular flexibility index (Phi) is 4.73. The zero-order valence-electron chi connectivity index (χ0n) is 13.7. The lowest BCUT2D eigenvalue weighted by Crippen LogP contribution is -2.35. The third-order valence-corrected chi connectivity index (χ3v) is 4.23. The van der Waals surface area contributed by atoms with Crippen molar-refractivity contribution in [2.24, 2.45) is 0 Å². The molecule has 3 rings (SSSR count). The summed E-state index contributed by atoms with van der Waals surface area (Å²) in [6.45, 7) is 1.57. The van der Waals surface area contributed by atoms with E-state index in [1.807, 2.05) is 23.9 Å². The molecule has 0 saturated heterocycles. The summed E-state index contributed by atoms with van der Waals surface area (Å²) in [6.07, 6.45) is 1.30. The molecule has 24 heavy (non-hydrogen) atoms. The number of halogens is 2. The van der Waals surface area contributed by atoms with Crippen molar-refractivity contribution in [3.63, 3.8) is 0 Å². The van der Waals surface area contributed by atoms with Gasteiger partial charge in [-0.15, -0.1) is 0 Å². The highest BCUT2D eigenvalue weighted by Crippen LogP contribution is 2.26. The number of aliphatic hydroxyl groups excluding tert-OH is 1. The number of aromatic nitrogens is 2. The number of aliphatic hydroxyl groups is 1. The number of hydrogen-bond acceptors (Lipinski definition) is 5. The molecule has 0 amide bonds. The Morgan fingerprint density at radius 3 is 2.79 bits per heavy atom. The monoisotopic (exact) mass is 334 g/mol. The summed E-state index contributed by atoms with van der Waals surface area (Å²) < 4.78 is 26.8. The number of nitrogens with zero attached hydrogens (tertiary/aromatic N) is 4. The van der Waals surface area contributed by atoms with E-state index >= 15 is 0 Å². The van der Waals surface area contributed by atoms with Crippen molar-refractivity contribution in [1.82, 2.24) is 14.9 Å². The van der Waals surface area contributed by atoms with Crippen molar-refractivity contribution in [1.29, 1.82) is 0 Å². The summed E-state index contributed by atoms with van der Waals surface area (Å²) in [4.78, 5) is 12.6. The molecule has 2 heterocycles. The lowest BCUT2D eigenvalue weighted by molar-refractivity contribution is 0.102. The van der Waals surface area contributed by atoms with Crippen LogP contribution in [0.2, 0.25) is 0 Å². The predicted octanol–water partition coefficient (Wildman–Crippen LogP) is 1.91. The first-order valence-corrected chi connectivity index (χ1v) is 7.81. The quantitative estimate of drug-likeness (QED) is 0.926. The smallest absolute Gasteiger partial charge is 0.136 e. The lowest BCUT2D eigenvalue weighted by Gasteiger charge is -2.31. The van der Waals surface area contributed by atoms with Crippen LogP contribution in [0.5, 0.6) is 0 Å². The molecular weight excluding hydrogens is 314 g/mol. The van der Waals surface area contributed by atoms with E-state index in [0.29, 0.717) is 6.54 Å². The summed E-state index contributed by atoms with van der Waals surface area (Å²) in [5.41, 5.74) is 2.15. The second-order valence-electron chi connectivity index (χ2n) is 6.18. The molecule has 1 atom stereocenters. The Labute approximate surface area is 139 Å². The van der Waals surface area contributed by atoms with E-state index in [0.717, 1.165) is 42.2 Å². The first-order valence-electron chi connectivity index (χ1n) is 7.81. The molecule has 0 bridgehead atoms. The van der Waals surface area contributed by atoms with Gasteiger partial charge in [-0.3, -0.25) is 4.90 Å². The Morgan fingerprint density at radius 2 is 2.08 bits per heavy atom. The Bertz CT molecular complexity index is 739. The maximum absolute atomic E-state index is 13.8. The van der Waals surface area contributed by atoms with E-state index < -0.39 is 17.7 Å². The number of hydrogen-bond donors (Lipinski definition) is 1. The first kappa shape index (κ1) is 16.7. The minimum absolute atomic E-state index is 0.111. The van der Waals surface area contributed by atoms with Gasteiger partial charge in [-0.05, 0) is 6.07 Å². The molecule has 128 valence electrons. The van der Waals surface area contributed by atoms with Gasteiger partial charge in [0, 0.05) is 57.3 Å². The molecular formula is C17H20F2N4O. The van der Waals surface area contributed by atoms with Crippen LogP contribution < -0.4 is 4.90 Å². The summed E-state index contributed by atoms with van der Waals surface area (Å²) in [7, 11) is 3.84. The van der Waals surface area contributed by atoms with Gasteiger partial charge < -0.3 is 10.0 Å². The van der Waals surface area contributed by atoms with Gasteiger partial charge in [-0.2, -0.15) is 0 Å². The molecule has 1 aliphatic rings. The van der Waals surface area contributed by atoms with Gasteiger partial charge in [0.1, 0.15) is 23.8 Å². The van der Waals surface area contributed by atoms with Gasteiger partial charge in [0.25, 0.3) is 0 Å². The molecule has 0 fully saturated rings. The normalized spacial score (nSPS) is 15.9. The van der Waals surface area contributed by atoms with Gasteiger partial charge in [0.05, 0.1) is 11.8 Å². The molecule has 0 aliphatic carbocycles. The summed E-state index contributed by atoms with van der Waals surface area (Å²) in [6, 6.07) is 3.24. The Balaban J connectivity index is 1.76. The Morgan fingerprint density at radius 1 is 1.29 bits per heavy atom. The van der Waals surface area contributed by atoms with Crippen LogP contribution in [0.1, 0.15) is 22.9 Å².